The van der Waals surface area contributed by atoms with Gasteiger partial charge in [-0.15, -0.1) is 0 Å². The number of hydrogen-bond acceptors (Lipinski definition) is 1. The molecular weight excluding hydrogens is 184 g/mol. The average molecular weight is 204 g/mol. The fourth-order valence-corrected chi connectivity index (χ4v) is 2.31. The lowest BCUT2D eigenvalue weighted by Gasteiger charge is -2.30. The normalized spacial score (nSPS) is 11.4. The van der Waals surface area contributed by atoms with E-state index in [1.165, 1.54) is 5.56 Å². The van der Waals surface area contributed by atoms with E-state index in [0.717, 1.165) is 12.8 Å². The van der Waals surface area contributed by atoms with Gasteiger partial charge in [0.05, 0.1) is 5.41 Å². The SMILES string of the molecule is CCC(=O)C(CC)(CC)c1ccccc1. The molecule has 1 heteroatoms. The van der Waals surface area contributed by atoms with Crippen molar-refractivity contribution in [2.75, 3.05) is 0 Å². The first-order valence-corrected chi connectivity index (χ1v) is 5.80. The quantitative estimate of drug-likeness (QED) is 0.714. The van der Waals surface area contributed by atoms with E-state index in [1.807, 2.05) is 25.1 Å². The van der Waals surface area contributed by atoms with E-state index >= 15 is 0 Å². The van der Waals surface area contributed by atoms with Gasteiger partial charge in [-0.05, 0) is 18.4 Å². The van der Waals surface area contributed by atoms with E-state index in [9.17, 15) is 4.79 Å². The van der Waals surface area contributed by atoms with Crippen LogP contribution in [-0.2, 0) is 10.2 Å². The van der Waals surface area contributed by atoms with Crippen molar-refractivity contribution in [3.8, 4) is 0 Å². The molecule has 0 aliphatic rings. The fraction of sp³-hybridized carbons (Fsp3) is 0.500. The maximum Gasteiger partial charge on any atom is 0.143 e. The second-order valence-electron chi connectivity index (χ2n) is 3.93. The van der Waals surface area contributed by atoms with Crippen molar-refractivity contribution in [3.05, 3.63) is 35.9 Å². The van der Waals surface area contributed by atoms with E-state index in [0.29, 0.717) is 12.2 Å². The molecule has 0 spiro atoms. The van der Waals surface area contributed by atoms with Crippen molar-refractivity contribution < 1.29 is 4.79 Å². The molecule has 15 heavy (non-hydrogen) atoms. The van der Waals surface area contributed by atoms with Gasteiger partial charge >= 0.3 is 0 Å². The molecular formula is C14H20O. The predicted molar refractivity (Wildman–Crippen MR) is 64.0 cm³/mol. The molecule has 0 saturated heterocycles. The minimum Gasteiger partial charge on any atom is -0.299 e. The molecule has 0 unspecified atom stereocenters. The number of carbonyl (C=O) groups is 1. The smallest absolute Gasteiger partial charge is 0.143 e. The molecule has 0 N–H and O–H groups in total. The molecule has 0 atom stereocenters. The Kier molecular flexibility index (Phi) is 4.07. The molecule has 0 aliphatic carbocycles. The molecule has 1 nitrogen and oxygen atoms in total. The largest absolute Gasteiger partial charge is 0.299 e. The maximum absolute atomic E-state index is 12.1. The highest BCUT2D eigenvalue weighted by atomic mass is 16.1. The first-order chi connectivity index (χ1) is 7.21. The summed E-state index contributed by atoms with van der Waals surface area (Å²) in [4.78, 5) is 12.1. The molecule has 82 valence electrons. The Balaban J connectivity index is 3.17. The van der Waals surface area contributed by atoms with E-state index in [-0.39, 0.29) is 5.41 Å². The third-order valence-electron chi connectivity index (χ3n) is 3.39. The van der Waals surface area contributed by atoms with Gasteiger partial charge in [0.2, 0.25) is 0 Å². The van der Waals surface area contributed by atoms with Crippen molar-refractivity contribution in [3.63, 3.8) is 0 Å². The number of hydrogen-bond donors (Lipinski definition) is 0. The Morgan fingerprint density at radius 1 is 1.07 bits per heavy atom. The third kappa shape index (κ3) is 2.11. The number of carbonyl (C=O) groups excluding carboxylic acids is 1. The van der Waals surface area contributed by atoms with Crippen molar-refractivity contribution in [2.45, 2.75) is 45.4 Å². The molecule has 1 aromatic rings. The molecule has 0 heterocycles. The number of ketones is 1. The van der Waals surface area contributed by atoms with Gasteiger partial charge in [-0.25, -0.2) is 0 Å². The van der Waals surface area contributed by atoms with Crippen LogP contribution in [0.25, 0.3) is 0 Å². The number of rotatable bonds is 5. The standard InChI is InChI=1S/C14H20O/c1-4-13(15)14(5-2,6-3)12-10-8-7-9-11-12/h7-11H,4-6H2,1-3H3. The van der Waals surface area contributed by atoms with Crippen LogP contribution in [0.3, 0.4) is 0 Å². The van der Waals surface area contributed by atoms with Gasteiger partial charge in [-0.3, -0.25) is 4.79 Å². The summed E-state index contributed by atoms with van der Waals surface area (Å²) in [6.07, 6.45) is 2.40. The van der Waals surface area contributed by atoms with Crippen LogP contribution in [-0.4, -0.2) is 5.78 Å². The van der Waals surface area contributed by atoms with E-state index in [4.69, 9.17) is 0 Å². The van der Waals surface area contributed by atoms with Crippen molar-refractivity contribution in [1.29, 1.82) is 0 Å². The topological polar surface area (TPSA) is 17.1 Å². The van der Waals surface area contributed by atoms with E-state index in [2.05, 4.69) is 26.0 Å². The molecule has 0 aliphatic heterocycles. The molecule has 0 fully saturated rings. The third-order valence-corrected chi connectivity index (χ3v) is 3.39. The Bertz CT molecular complexity index is 309. The lowest BCUT2D eigenvalue weighted by atomic mass is 9.72. The second-order valence-corrected chi connectivity index (χ2v) is 3.93. The molecule has 0 bridgehead atoms. The highest BCUT2D eigenvalue weighted by molar-refractivity contribution is 5.89. The average Bonchev–Trinajstić information content (AvgIpc) is 2.32. The summed E-state index contributed by atoms with van der Waals surface area (Å²) in [5.74, 6) is 0.360. The van der Waals surface area contributed by atoms with Gasteiger partial charge in [0.1, 0.15) is 5.78 Å². The minimum atomic E-state index is -0.254. The summed E-state index contributed by atoms with van der Waals surface area (Å²) >= 11 is 0. The van der Waals surface area contributed by atoms with Crippen LogP contribution in [0.5, 0.6) is 0 Å². The van der Waals surface area contributed by atoms with Gasteiger partial charge in [0, 0.05) is 6.42 Å². The summed E-state index contributed by atoms with van der Waals surface area (Å²) in [5, 5.41) is 0. The zero-order chi connectivity index (χ0) is 11.3. The predicted octanol–water partition coefficient (Wildman–Crippen LogP) is 3.72. The van der Waals surface area contributed by atoms with Gasteiger partial charge in [-0.1, -0.05) is 51.1 Å². The second kappa shape index (κ2) is 5.11. The minimum absolute atomic E-state index is 0.254. The summed E-state index contributed by atoms with van der Waals surface area (Å²) < 4.78 is 0. The zero-order valence-electron chi connectivity index (χ0n) is 9.92. The van der Waals surface area contributed by atoms with Crippen LogP contribution in [0.15, 0.2) is 30.3 Å². The summed E-state index contributed by atoms with van der Waals surface area (Å²) in [7, 11) is 0. The Labute approximate surface area is 92.5 Å². The van der Waals surface area contributed by atoms with Crippen molar-refractivity contribution in [1.82, 2.24) is 0 Å². The molecule has 0 saturated carbocycles. The van der Waals surface area contributed by atoms with Crippen LogP contribution in [0, 0.1) is 0 Å². The van der Waals surface area contributed by atoms with E-state index in [1.54, 1.807) is 0 Å². The van der Waals surface area contributed by atoms with Gasteiger partial charge < -0.3 is 0 Å². The van der Waals surface area contributed by atoms with Gasteiger partial charge in [0.15, 0.2) is 0 Å². The molecule has 1 aromatic carbocycles. The Hall–Kier alpha value is -1.11. The molecule has 1 rings (SSSR count). The van der Waals surface area contributed by atoms with Crippen molar-refractivity contribution >= 4 is 5.78 Å². The molecule has 0 aromatic heterocycles. The fourth-order valence-electron chi connectivity index (χ4n) is 2.31. The summed E-state index contributed by atoms with van der Waals surface area (Å²) in [5.41, 5.74) is 0.914. The zero-order valence-corrected chi connectivity index (χ0v) is 9.92. The van der Waals surface area contributed by atoms with Crippen LogP contribution in [0.2, 0.25) is 0 Å². The first kappa shape index (κ1) is 12.0. The lowest BCUT2D eigenvalue weighted by Crippen LogP contribution is -2.34. The Morgan fingerprint density at radius 3 is 2.00 bits per heavy atom. The monoisotopic (exact) mass is 204 g/mol. The lowest BCUT2D eigenvalue weighted by molar-refractivity contribution is -0.124. The van der Waals surface area contributed by atoms with Crippen LogP contribution in [0.4, 0.5) is 0 Å². The molecule has 0 amide bonds. The van der Waals surface area contributed by atoms with Crippen LogP contribution < -0.4 is 0 Å². The highest BCUT2D eigenvalue weighted by Gasteiger charge is 2.34. The van der Waals surface area contributed by atoms with Gasteiger partial charge in [0.25, 0.3) is 0 Å². The Morgan fingerprint density at radius 2 is 1.60 bits per heavy atom. The van der Waals surface area contributed by atoms with Gasteiger partial charge in [-0.2, -0.15) is 0 Å². The summed E-state index contributed by atoms with van der Waals surface area (Å²) in [6.45, 7) is 6.15. The van der Waals surface area contributed by atoms with Crippen LogP contribution >= 0.6 is 0 Å². The number of Topliss-reactive ketones (excluding diaryl/α,β-unsaturated/α-hetero) is 1. The summed E-state index contributed by atoms with van der Waals surface area (Å²) in [6, 6.07) is 10.2. The van der Waals surface area contributed by atoms with Crippen molar-refractivity contribution in [2.24, 2.45) is 0 Å². The maximum atomic E-state index is 12.1. The van der Waals surface area contributed by atoms with E-state index < -0.39 is 0 Å². The highest BCUT2D eigenvalue weighted by Crippen LogP contribution is 2.33. The first-order valence-electron chi connectivity index (χ1n) is 5.80. The van der Waals surface area contributed by atoms with Crippen LogP contribution in [0.1, 0.15) is 45.6 Å². The number of benzene rings is 1. The molecule has 0 radical (unpaired) electrons.